The number of nitrogens with one attached hydrogen (secondary N) is 1. The van der Waals surface area contributed by atoms with Gasteiger partial charge in [-0.25, -0.2) is 4.98 Å². The van der Waals surface area contributed by atoms with Crippen LogP contribution in [0.1, 0.15) is 32.6 Å². The summed E-state index contributed by atoms with van der Waals surface area (Å²) in [5, 5.41) is 3.59. The van der Waals surface area contributed by atoms with Gasteiger partial charge in [-0.2, -0.15) is 0 Å². The van der Waals surface area contributed by atoms with Gasteiger partial charge in [0.25, 0.3) is 0 Å². The number of nitrogens with two attached hydrogens (primary N) is 1. The van der Waals surface area contributed by atoms with Gasteiger partial charge in [-0.05, 0) is 50.0 Å². The molecule has 1 aromatic heterocycles. The van der Waals surface area contributed by atoms with Crippen molar-refractivity contribution in [2.45, 2.75) is 38.6 Å². The number of nitrogen functional groups attached to an aromatic ring is 1. The Bertz CT molecular complexity index is 404. The molecule has 0 saturated heterocycles. The van der Waals surface area contributed by atoms with Crippen LogP contribution in [0.3, 0.4) is 0 Å². The van der Waals surface area contributed by atoms with Crippen LogP contribution in [0.25, 0.3) is 0 Å². The number of rotatable bonds is 3. The van der Waals surface area contributed by atoms with E-state index in [0.29, 0.717) is 11.9 Å². The van der Waals surface area contributed by atoms with E-state index < -0.39 is 0 Å². The van der Waals surface area contributed by atoms with Crippen LogP contribution < -0.4 is 11.1 Å². The van der Waals surface area contributed by atoms with Crippen molar-refractivity contribution in [2.24, 2.45) is 17.8 Å². The Kier molecular flexibility index (Phi) is 2.69. The monoisotopic (exact) mass is 231 g/mol. The standard InChI is InChI=1S/C14H21N3/c1-9(13-7-10-2-3-11(13)6-10)17-12-4-5-16-14(15)8-12/h4-5,8-11,13H,2-3,6-7H2,1H3,(H3,15,16,17). The number of hydrogen-bond donors (Lipinski definition) is 2. The molecule has 2 aliphatic rings. The maximum absolute atomic E-state index is 5.70. The summed E-state index contributed by atoms with van der Waals surface area (Å²) in [5.41, 5.74) is 6.80. The van der Waals surface area contributed by atoms with Crippen molar-refractivity contribution in [1.29, 1.82) is 0 Å². The molecule has 0 radical (unpaired) electrons. The molecule has 92 valence electrons. The minimum absolute atomic E-state index is 0.548. The SMILES string of the molecule is CC(Nc1ccnc(N)c1)C1CC2CCC1C2. The van der Waals surface area contributed by atoms with Crippen LogP contribution in [0, 0.1) is 17.8 Å². The Morgan fingerprint density at radius 1 is 1.41 bits per heavy atom. The summed E-state index contributed by atoms with van der Waals surface area (Å²) < 4.78 is 0. The molecule has 2 aliphatic carbocycles. The summed E-state index contributed by atoms with van der Waals surface area (Å²) in [5.74, 6) is 3.41. The Morgan fingerprint density at radius 3 is 2.94 bits per heavy atom. The molecule has 4 unspecified atom stereocenters. The Morgan fingerprint density at radius 2 is 2.29 bits per heavy atom. The minimum Gasteiger partial charge on any atom is -0.384 e. The van der Waals surface area contributed by atoms with E-state index in [0.717, 1.165) is 23.4 Å². The second kappa shape index (κ2) is 4.21. The van der Waals surface area contributed by atoms with Gasteiger partial charge in [-0.1, -0.05) is 6.42 Å². The highest BCUT2D eigenvalue weighted by molar-refractivity contribution is 5.50. The zero-order valence-electron chi connectivity index (χ0n) is 10.4. The molecule has 2 fully saturated rings. The third-order valence-electron chi connectivity index (χ3n) is 4.61. The Balaban J connectivity index is 1.65. The molecule has 2 saturated carbocycles. The Hall–Kier alpha value is -1.25. The van der Waals surface area contributed by atoms with Crippen LogP contribution in [-0.2, 0) is 0 Å². The predicted octanol–water partition coefficient (Wildman–Crippen LogP) is 2.90. The van der Waals surface area contributed by atoms with Crippen molar-refractivity contribution in [1.82, 2.24) is 4.98 Å². The van der Waals surface area contributed by atoms with E-state index in [1.165, 1.54) is 25.7 Å². The van der Waals surface area contributed by atoms with E-state index in [1.807, 2.05) is 12.1 Å². The van der Waals surface area contributed by atoms with Crippen molar-refractivity contribution >= 4 is 11.5 Å². The van der Waals surface area contributed by atoms with Crippen molar-refractivity contribution in [2.75, 3.05) is 11.1 Å². The molecular weight excluding hydrogens is 210 g/mol. The number of nitrogens with zero attached hydrogens (tertiary/aromatic N) is 1. The van der Waals surface area contributed by atoms with Crippen molar-refractivity contribution in [3.63, 3.8) is 0 Å². The van der Waals surface area contributed by atoms with E-state index in [1.54, 1.807) is 6.20 Å². The lowest BCUT2D eigenvalue weighted by atomic mass is 9.84. The lowest BCUT2D eigenvalue weighted by Crippen LogP contribution is -2.29. The largest absolute Gasteiger partial charge is 0.384 e. The molecule has 0 spiro atoms. The summed E-state index contributed by atoms with van der Waals surface area (Å²) in [7, 11) is 0. The zero-order valence-corrected chi connectivity index (χ0v) is 10.4. The molecule has 1 aromatic rings. The molecule has 0 aliphatic heterocycles. The van der Waals surface area contributed by atoms with Crippen LogP contribution in [0.4, 0.5) is 11.5 Å². The molecule has 3 rings (SSSR count). The first-order chi connectivity index (χ1) is 8.22. The van der Waals surface area contributed by atoms with Crippen molar-refractivity contribution < 1.29 is 0 Å². The smallest absolute Gasteiger partial charge is 0.125 e. The summed E-state index contributed by atoms with van der Waals surface area (Å²) in [6.07, 6.45) is 7.57. The van der Waals surface area contributed by atoms with Gasteiger partial charge in [-0.15, -0.1) is 0 Å². The van der Waals surface area contributed by atoms with E-state index in [-0.39, 0.29) is 0 Å². The molecule has 3 heteroatoms. The number of fused-ring (bicyclic) bond motifs is 2. The van der Waals surface area contributed by atoms with Gasteiger partial charge < -0.3 is 11.1 Å². The number of pyridine rings is 1. The molecule has 4 atom stereocenters. The number of aromatic nitrogens is 1. The lowest BCUT2D eigenvalue weighted by Gasteiger charge is -2.29. The fourth-order valence-corrected chi connectivity index (χ4v) is 3.81. The van der Waals surface area contributed by atoms with Gasteiger partial charge in [0.05, 0.1) is 0 Å². The normalized spacial score (nSPS) is 32.6. The van der Waals surface area contributed by atoms with Crippen LogP contribution in [0.5, 0.6) is 0 Å². The Labute approximate surface area is 103 Å². The summed E-state index contributed by atoms with van der Waals surface area (Å²) in [6, 6.07) is 4.47. The molecular formula is C14H21N3. The molecule has 3 nitrogen and oxygen atoms in total. The molecule has 0 amide bonds. The van der Waals surface area contributed by atoms with Gasteiger partial charge in [-0.3, -0.25) is 0 Å². The number of anilines is 2. The second-order valence-corrected chi connectivity index (χ2v) is 5.74. The van der Waals surface area contributed by atoms with Gasteiger partial charge in [0.2, 0.25) is 0 Å². The third kappa shape index (κ3) is 2.11. The first kappa shape index (κ1) is 10.9. The maximum Gasteiger partial charge on any atom is 0.125 e. The van der Waals surface area contributed by atoms with E-state index in [2.05, 4.69) is 17.2 Å². The highest BCUT2D eigenvalue weighted by Gasteiger charge is 2.41. The van der Waals surface area contributed by atoms with Gasteiger partial charge in [0, 0.05) is 24.0 Å². The first-order valence-corrected chi connectivity index (χ1v) is 6.70. The highest BCUT2D eigenvalue weighted by Crippen LogP contribution is 2.49. The van der Waals surface area contributed by atoms with E-state index >= 15 is 0 Å². The highest BCUT2D eigenvalue weighted by atomic mass is 14.9. The topological polar surface area (TPSA) is 50.9 Å². The average Bonchev–Trinajstić information content (AvgIpc) is 2.90. The van der Waals surface area contributed by atoms with E-state index in [9.17, 15) is 0 Å². The molecule has 3 N–H and O–H groups in total. The van der Waals surface area contributed by atoms with Crippen molar-refractivity contribution in [3.05, 3.63) is 18.3 Å². The average molecular weight is 231 g/mol. The predicted molar refractivity (Wildman–Crippen MR) is 70.7 cm³/mol. The number of hydrogen-bond acceptors (Lipinski definition) is 3. The van der Waals surface area contributed by atoms with Gasteiger partial charge in [0.1, 0.15) is 5.82 Å². The molecule has 0 aromatic carbocycles. The summed E-state index contributed by atoms with van der Waals surface area (Å²) in [6.45, 7) is 2.31. The van der Waals surface area contributed by atoms with Crippen LogP contribution in [-0.4, -0.2) is 11.0 Å². The zero-order chi connectivity index (χ0) is 11.8. The van der Waals surface area contributed by atoms with Gasteiger partial charge >= 0.3 is 0 Å². The minimum atomic E-state index is 0.548. The first-order valence-electron chi connectivity index (χ1n) is 6.70. The summed E-state index contributed by atoms with van der Waals surface area (Å²) >= 11 is 0. The molecule has 17 heavy (non-hydrogen) atoms. The second-order valence-electron chi connectivity index (χ2n) is 5.74. The van der Waals surface area contributed by atoms with Crippen LogP contribution >= 0.6 is 0 Å². The van der Waals surface area contributed by atoms with Gasteiger partial charge in [0.15, 0.2) is 0 Å². The molecule has 2 bridgehead atoms. The fraction of sp³-hybridized carbons (Fsp3) is 0.643. The fourth-order valence-electron chi connectivity index (χ4n) is 3.81. The van der Waals surface area contributed by atoms with Crippen molar-refractivity contribution in [3.8, 4) is 0 Å². The maximum atomic E-state index is 5.70. The molecule has 1 heterocycles. The lowest BCUT2D eigenvalue weighted by molar-refractivity contribution is 0.304. The van der Waals surface area contributed by atoms with E-state index in [4.69, 9.17) is 5.73 Å². The summed E-state index contributed by atoms with van der Waals surface area (Å²) in [4.78, 5) is 4.02. The van der Waals surface area contributed by atoms with Crippen LogP contribution in [0.2, 0.25) is 0 Å². The quantitative estimate of drug-likeness (QED) is 0.841. The van der Waals surface area contributed by atoms with Crippen LogP contribution in [0.15, 0.2) is 18.3 Å². The third-order valence-corrected chi connectivity index (χ3v) is 4.61.